The minimum atomic E-state index is -1.07. The second kappa shape index (κ2) is 8.44. The van der Waals surface area contributed by atoms with E-state index >= 15 is 0 Å². The first-order valence-corrected chi connectivity index (χ1v) is 11.1. The Hall–Kier alpha value is -2.10. The lowest BCUT2D eigenvalue weighted by Crippen LogP contribution is -2.72. The van der Waals surface area contributed by atoms with Crippen LogP contribution in [0.3, 0.4) is 0 Å². The number of hydrogen-bond donors (Lipinski definition) is 2. The Morgan fingerprint density at radius 2 is 2.06 bits per heavy atom. The average Bonchev–Trinajstić information content (AvgIpc) is 2.73. The van der Waals surface area contributed by atoms with Crippen molar-refractivity contribution in [3.63, 3.8) is 0 Å². The Kier molecular flexibility index (Phi) is 6.02. The fourth-order valence-corrected chi connectivity index (χ4v) is 4.74. The molecule has 1 atom stereocenters. The number of hydrogen-bond acceptors (Lipinski definition) is 4. The van der Waals surface area contributed by atoms with E-state index in [0.29, 0.717) is 4.47 Å². The lowest BCUT2D eigenvalue weighted by Gasteiger charge is -2.51. The van der Waals surface area contributed by atoms with Crippen molar-refractivity contribution in [1.29, 1.82) is 0 Å². The van der Waals surface area contributed by atoms with Gasteiger partial charge in [0.15, 0.2) is 5.82 Å². The van der Waals surface area contributed by atoms with Gasteiger partial charge in [0, 0.05) is 35.7 Å². The van der Waals surface area contributed by atoms with Crippen LogP contribution in [0.5, 0.6) is 0 Å². The average molecular weight is 496 g/mol. The number of aryl methyl sites for hydroxylation is 1. The largest absolute Gasteiger partial charge is 0.385 e. The molecule has 4 rings (SSSR count). The van der Waals surface area contributed by atoms with E-state index in [1.54, 1.807) is 6.07 Å². The van der Waals surface area contributed by atoms with Crippen molar-refractivity contribution in [2.75, 3.05) is 19.6 Å². The summed E-state index contributed by atoms with van der Waals surface area (Å²) < 4.78 is 30.8. The van der Waals surface area contributed by atoms with Crippen LogP contribution < -0.4 is 10.9 Å². The number of nitrogens with one attached hydrogen (secondary N) is 1. The van der Waals surface area contributed by atoms with Crippen molar-refractivity contribution in [2.45, 2.75) is 37.3 Å². The molecular weight excluding hydrogens is 472 g/mol. The van der Waals surface area contributed by atoms with Crippen LogP contribution >= 0.6 is 15.9 Å². The Morgan fingerprint density at radius 1 is 1.32 bits per heavy atom. The number of pyridine rings is 1. The highest BCUT2D eigenvalue weighted by Gasteiger charge is 2.49. The summed E-state index contributed by atoms with van der Waals surface area (Å²) in [6.45, 7) is 1.08. The van der Waals surface area contributed by atoms with Crippen molar-refractivity contribution in [1.82, 2.24) is 14.8 Å². The maximum Gasteiger partial charge on any atom is 0.286 e. The van der Waals surface area contributed by atoms with Gasteiger partial charge in [0.25, 0.3) is 11.5 Å². The SMILES string of the molecule is Cn1cc(C(=O)N2CC(O)([C@@H]3CCCCN3)C2)c(Cc2ccc(Br)cc2F)c(F)c1=O. The summed E-state index contributed by atoms with van der Waals surface area (Å²) in [6, 6.07) is 4.27. The smallest absolute Gasteiger partial charge is 0.286 e. The number of carbonyl (C=O) groups is 1. The molecule has 31 heavy (non-hydrogen) atoms. The highest BCUT2D eigenvalue weighted by atomic mass is 79.9. The van der Waals surface area contributed by atoms with E-state index in [2.05, 4.69) is 21.2 Å². The molecular formula is C22H24BrF2N3O3. The minimum absolute atomic E-state index is 0.000530. The van der Waals surface area contributed by atoms with Crippen LogP contribution in [0.4, 0.5) is 8.78 Å². The lowest BCUT2D eigenvalue weighted by molar-refractivity contribution is -0.108. The first-order valence-electron chi connectivity index (χ1n) is 10.3. The zero-order valence-electron chi connectivity index (χ0n) is 17.1. The van der Waals surface area contributed by atoms with E-state index in [1.165, 1.54) is 30.3 Å². The first kappa shape index (κ1) is 22.1. The number of aromatic nitrogens is 1. The molecule has 9 heteroatoms. The van der Waals surface area contributed by atoms with Crippen LogP contribution in [-0.4, -0.2) is 51.8 Å². The van der Waals surface area contributed by atoms with E-state index in [0.717, 1.165) is 30.4 Å². The van der Waals surface area contributed by atoms with Crippen LogP contribution in [0.1, 0.15) is 40.7 Å². The number of rotatable bonds is 4. The molecule has 1 aromatic carbocycles. The van der Waals surface area contributed by atoms with Gasteiger partial charge in [0.2, 0.25) is 0 Å². The molecule has 0 aliphatic carbocycles. The summed E-state index contributed by atoms with van der Waals surface area (Å²) in [5.41, 5.74) is -1.86. The predicted molar refractivity (Wildman–Crippen MR) is 115 cm³/mol. The summed E-state index contributed by atoms with van der Waals surface area (Å²) in [4.78, 5) is 26.8. The van der Waals surface area contributed by atoms with Gasteiger partial charge >= 0.3 is 0 Å². The van der Waals surface area contributed by atoms with Crippen LogP contribution in [0, 0.1) is 11.6 Å². The fraction of sp³-hybridized carbons (Fsp3) is 0.455. The third-order valence-electron chi connectivity index (χ3n) is 6.21. The standard InChI is InChI=1S/C22H24BrF2N3O3/c1-27-10-16(20(29)28-11-22(31,12-28)18-4-2-3-7-26-18)15(19(25)21(27)30)8-13-5-6-14(23)9-17(13)24/h5-6,9-10,18,26,31H,2-4,7-8,11-12H2,1H3/t18-/m0/s1. The van der Waals surface area contributed by atoms with Gasteiger partial charge in [0.1, 0.15) is 11.4 Å². The maximum absolute atomic E-state index is 14.9. The molecule has 166 valence electrons. The molecule has 0 spiro atoms. The molecule has 0 bridgehead atoms. The Labute approximate surface area is 187 Å². The van der Waals surface area contributed by atoms with Gasteiger partial charge in [-0.15, -0.1) is 0 Å². The van der Waals surface area contributed by atoms with Gasteiger partial charge < -0.3 is 19.9 Å². The van der Waals surface area contributed by atoms with Gasteiger partial charge in [-0.25, -0.2) is 8.78 Å². The molecule has 1 aromatic heterocycles. The molecule has 2 N–H and O–H groups in total. The highest BCUT2D eigenvalue weighted by molar-refractivity contribution is 9.10. The van der Waals surface area contributed by atoms with Crippen LogP contribution in [0.15, 0.2) is 33.7 Å². The summed E-state index contributed by atoms with van der Waals surface area (Å²) in [5, 5.41) is 14.2. The van der Waals surface area contributed by atoms with Crippen LogP contribution in [0.25, 0.3) is 0 Å². The van der Waals surface area contributed by atoms with E-state index < -0.39 is 28.7 Å². The van der Waals surface area contributed by atoms with Gasteiger partial charge in [-0.05, 0) is 37.1 Å². The van der Waals surface area contributed by atoms with Crippen molar-refractivity contribution in [3.8, 4) is 0 Å². The molecule has 6 nitrogen and oxygen atoms in total. The lowest BCUT2D eigenvalue weighted by atomic mass is 9.81. The zero-order chi connectivity index (χ0) is 22.3. The quantitative estimate of drug-likeness (QED) is 0.682. The summed E-state index contributed by atoms with van der Waals surface area (Å²) in [7, 11) is 1.37. The number of benzene rings is 1. The van der Waals surface area contributed by atoms with Gasteiger partial charge in [-0.2, -0.15) is 0 Å². The molecule has 1 amide bonds. The Bertz CT molecular complexity index is 1080. The topological polar surface area (TPSA) is 74.6 Å². The maximum atomic E-state index is 14.9. The second-order valence-electron chi connectivity index (χ2n) is 8.43. The number of nitrogens with zero attached hydrogens (tertiary/aromatic N) is 2. The summed E-state index contributed by atoms with van der Waals surface area (Å²) in [6.07, 6.45) is 3.97. The molecule has 3 heterocycles. The molecule has 2 aliphatic heterocycles. The number of halogens is 3. The van der Waals surface area contributed by atoms with Crippen molar-refractivity contribution < 1.29 is 18.7 Å². The van der Waals surface area contributed by atoms with E-state index in [9.17, 15) is 23.5 Å². The molecule has 0 saturated carbocycles. The number of carbonyl (C=O) groups excluding carboxylic acids is 1. The second-order valence-corrected chi connectivity index (χ2v) is 9.35. The highest BCUT2D eigenvalue weighted by Crippen LogP contribution is 2.31. The van der Waals surface area contributed by atoms with E-state index in [4.69, 9.17) is 0 Å². The third-order valence-corrected chi connectivity index (χ3v) is 6.70. The predicted octanol–water partition coefficient (Wildman–Crippen LogP) is 2.35. The first-order chi connectivity index (χ1) is 14.7. The van der Waals surface area contributed by atoms with Gasteiger partial charge in [-0.1, -0.05) is 28.4 Å². The normalized spacial score (nSPS) is 20.4. The van der Waals surface area contributed by atoms with Crippen LogP contribution in [0.2, 0.25) is 0 Å². The number of piperidine rings is 1. The monoisotopic (exact) mass is 495 g/mol. The molecule has 0 radical (unpaired) electrons. The van der Waals surface area contributed by atoms with Gasteiger partial charge in [-0.3, -0.25) is 9.59 Å². The molecule has 2 fully saturated rings. The van der Waals surface area contributed by atoms with Crippen molar-refractivity contribution in [2.24, 2.45) is 7.05 Å². The zero-order valence-corrected chi connectivity index (χ0v) is 18.7. The molecule has 0 unspecified atom stereocenters. The number of β-amino-alcohol motifs (C(OH)–C–C–N with tert-alkyl or cyclic N) is 1. The van der Waals surface area contributed by atoms with Crippen LogP contribution in [-0.2, 0) is 13.5 Å². The summed E-state index contributed by atoms with van der Waals surface area (Å²) >= 11 is 3.18. The summed E-state index contributed by atoms with van der Waals surface area (Å²) in [5.74, 6) is -2.11. The Balaban J connectivity index is 1.62. The molecule has 2 aromatic rings. The molecule has 2 aliphatic rings. The third kappa shape index (κ3) is 4.18. The minimum Gasteiger partial charge on any atom is -0.385 e. The van der Waals surface area contributed by atoms with Crippen molar-refractivity contribution in [3.05, 3.63) is 67.5 Å². The number of likely N-dealkylation sites (tertiary alicyclic amines) is 1. The molecule has 2 saturated heterocycles. The fourth-order valence-electron chi connectivity index (χ4n) is 4.40. The number of aliphatic hydroxyl groups is 1. The van der Waals surface area contributed by atoms with Gasteiger partial charge in [0.05, 0.1) is 18.7 Å². The van der Waals surface area contributed by atoms with E-state index in [-0.39, 0.29) is 42.2 Å². The number of amides is 1. The van der Waals surface area contributed by atoms with Crippen molar-refractivity contribution >= 4 is 21.8 Å². The van der Waals surface area contributed by atoms with E-state index in [1.807, 2.05) is 0 Å². The Morgan fingerprint density at radius 3 is 2.71 bits per heavy atom.